The molecule has 1 saturated carbocycles. The molecule has 1 fully saturated rings. The summed E-state index contributed by atoms with van der Waals surface area (Å²) in [5.41, 5.74) is 1.07. The molecule has 0 bridgehead atoms. The molecule has 5 nitrogen and oxygen atoms in total. The van der Waals surface area contributed by atoms with Crippen LogP contribution < -0.4 is 5.32 Å². The highest BCUT2D eigenvalue weighted by Gasteiger charge is 2.20. The maximum atomic E-state index is 11.0. The van der Waals surface area contributed by atoms with Crippen LogP contribution in [0.1, 0.15) is 19.3 Å². The molecule has 1 aromatic carbocycles. The number of nitrogens with zero attached hydrogens (tertiary/aromatic N) is 2. The van der Waals surface area contributed by atoms with Gasteiger partial charge in [0.25, 0.3) is 5.69 Å². The van der Waals surface area contributed by atoms with Crippen molar-refractivity contribution in [1.82, 2.24) is 4.98 Å². The van der Waals surface area contributed by atoms with E-state index >= 15 is 0 Å². The zero-order chi connectivity index (χ0) is 12.5. The Morgan fingerprint density at radius 2 is 2.11 bits per heavy atom. The molecule has 0 spiro atoms. The summed E-state index contributed by atoms with van der Waals surface area (Å²) < 4.78 is 0. The molecule has 0 aliphatic heterocycles. The molecule has 1 aromatic heterocycles. The van der Waals surface area contributed by atoms with Gasteiger partial charge in [-0.15, -0.1) is 0 Å². The number of hydrogen-bond donors (Lipinski definition) is 1. The van der Waals surface area contributed by atoms with E-state index in [2.05, 4.69) is 10.3 Å². The lowest BCUT2D eigenvalue weighted by atomic mass is 9.92. The van der Waals surface area contributed by atoms with Crippen molar-refractivity contribution in [2.24, 2.45) is 0 Å². The molecule has 0 radical (unpaired) electrons. The maximum absolute atomic E-state index is 11.0. The van der Waals surface area contributed by atoms with Crippen LogP contribution in [0.5, 0.6) is 0 Å². The maximum Gasteiger partial charge on any atom is 0.278 e. The number of nitro benzene ring substituents is 1. The van der Waals surface area contributed by atoms with Crippen molar-refractivity contribution < 1.29 is 4.92 Å². The number of rotatable bonds is 3. The van der Waals surface area contributed by atoms with Crippen molar-refractivity contribution in [3.8, 4) is 0 Å². The number of nitro groups is 1. The first-order valence-electron chi connectivity index (χ1n) is 6.03. The Morgan fingerprint density at radius 3 is 2.78 bits per heavy atom. The molecule has 0 unspecified atom stereocenters. The summed E-state index contributed by atoms with van der Waals surface area (Å²) >= 11 is 0. The molecular formula is C13H13N3O2. The summed E-state index contributed by atoms with van der Waals surface area (Å²) in [5.74, 6) is 0. The van der Waals surface area contributed by atoms with E-state index in [9.17, 15) is 10.1 Å². The average molecular weight is 243 g/mol. The van der Waals surface area contributed by atoms with Crippen LogP contribution >= 0.6 is 0 Å². The van der Waals surface area contributed by atoms with Gasteiger partial charge in [-0.05, 0) is 31.4 Å². The lowest BCUT2D eigenvalue weighted by molar-refractivity contribution is -0.383. The summed E-state index contributed by atoms with van der Waals surface area (Å²) in [6, 6.07) is 5.66. The minimum atomic E-state index is -0.364. The molecule has 1 aliphatic carbocycles. The Bertz CT molecular complexity index is 608. The van der Waals surface area contributed by atoms with E-state index in [1.165, 1.54) is 19.3 Å². The first-order valence-corrected chi connectivity index (χ1v) is 6.03. The molecule has 0 amide bonds. The van der Waals surface area contributed by atoms with Gasteiger partial charge in [0.15, 0.2) is 0 Å². The first kappa shape index (κ1) is 11.0. The number of aromatic nitrogens is 1. The lowest BCUT2D eigenvalue weighted by Gasteiger charge is -2.28. The Hall–Kier alpha value is -2.17. The monoisotopic (exact) mass is 243 g/mol. The van der Waals surface area contributed by atoms with E-state index in [0.717, 1.165) is 11.1 Å². The van der Waals surface area contributed by atoms with Crippen molar-refractivity contribution >= 4 is 22.1 Å². The summed E-state index contributed by atoms with van der Waals surface area (Å²) in [6.45, 7) is 0. The molecule has 1 aliphatic rings. The highest BCUT2D eigenvalue weighted by atomic mass is 16.6. The van der Waals surface area contributed by atoms with Gasteiger partial charge in [-0.3, -0.25) is 15.1 Å². The van der Waals surface area contributed by atoms with E-state index in [0.29, 0.717) is 11.4 Å². The van der Waals surface area contributed by atoms with E-state index in [1.54, 1.807) is 24.5 Å². The van der Waals surface area contributed by atoms with Gasteiger partial charge >= 0.3 is 0 Å². The predicted octanol–water partition coefficient (Wildman–Crippen LogP) is 3.11. The van der Waals surface area contributed by atoms with E-state index in [4.69, 9.17) is 0 Å². The number of anilines is 1. The molecule has 3 rings (SSSR count). The highest BCUT2D eigenvalue weighted by Crippen LogP contribution is 2.33. The van der Waals surface area contributed by atoms with Crippen LogP contribution in [0.4, 0.5) is 11.4 Å². The predicted molar refractivity (Wildman–Crippen MR) is 69.7 cm³/mol. The number of nitrogens with one attached hydrogen (secondary N) is 1. The SMILES string of the molecule is O=[N+]([O-])c1ccc(NC2CCC2)c2ccncc12. The Kier molecular flexibility index (Phi) is 2.59. The third-order valence-electron chi connectivity index (χ3n) is 3.46. The molecule has 1 heterocycles. The molecular weight excluding hydrogens is 230 g/mol. The fourth-order valence-electron chi connectivity index (χ4n) is 2.23. The molecule has 0 atom stereocenters. The van der Waals surface area contributed by atoms with Gasteiger partial charge < -0.3 is 5.32 Å². The van der Waals surface area contributed by atoms with E-state index < -0.39 is 0 Å². The smallest absolute Gasteiger partial charge is 0.278 e. The molecule has 2 aromatic rings. The van der Waals surface area contributed by atoms with Crippen molar-refractivity contribution in [2.75, 3.05) is 5.32 Å². The van der Waals surface area contributed by atoms with Crippen LogP contribution in [-0.2, 0) is 0 Å². The van der Waals surface area contributed by atoms with Crippen molar-refractivity contribution in [3.63, 3.8) is 0 Å². The fraction of sp³-hybridized carbons (Fsp3) is 0.308. The standard InChI is InChI=1S/C13H13N3O2/c17-16(18)13-5-4-12(15-9-2-1-3-9)10-6-7-14-8-11(10)13/h4-9,15H,1-3H2. The van der Waals surface area contributed by atoms with E-state index in [1.807, 2.05) is 6.07 Å². The van der Waals surface area contributed by atoms with Crippen LogP contribution in [0.25, 0.3) is 10.8 Å². The van der Waals surface area contributed by atoms with Crippen molar-refractivity contribution in [1.29, 1.82) is 0 Å². The molecule has 18 heavy (non-hydrogen) atoms. The van der Waals surface area contributed by atoms with Gasteiger partial charge in [-0.2, -0.15) is 0 Å². The largest absolute Gasteiger partial charge is 0.382 e. The number of fused-ring (bicyclic) bond motifs is 1. The Morgan fingerprint density at radius 1 is 1.28 bits per heavy atom. The summed E-state index contributed by atoms with van der Waals surface area (Å²) in [7, 11) is 0. The average Bonchev–Trinajstić information content (AvgIpc) is 2.33. The summed E-state index contributed by atoms with van der Waals surface area (Å²) in [4.78, 5) is 14.6. The molecule has 0 saturated heterocycles. The van der Waals surface area contributed by atoms with Gasteiger partial charge in [0.05, 0.1) is 10.3 Å². The number of pyridine rings is 1. The molecule has 92 valence electrons. The zero-order valence-electron chi connectivity index (χ0n) is 9.80. The van der Waals surface area contributed by atoms with Crippen LogP contribution in [-0.4, -0.2) is 15.9 Å². The third-order valence-corrected chi connectivity index (χ3v) is 3.46. The van der Waals surface area contributed by atoms with Gasteiger partial charge in [-0.1, -0.05) is 0 Å². The first-order chi connectivity index (χ1) is 8.75. The van der Waals surface area contributed by atoms with Crippen LogP contribution in [0.3, 0.4) is 0 Å². The van der Waals surface area contributed by atoms with Crippen molar-refractivity contribution in [3.05, 3.63) is 40.7 Å². The van der Waals surface area contributed by atoms with Crippen LogP contribution in [0.15, 0.2) is 30.6 Å². The third kappa shape index (κ3) is 1.77. The highest BCUT2D eigenvalue weighted by molar-refractivity contribution is 5.99. The molecule has 1 N–H and O–H groups in total. The van der Waals surface area contributed by atoms with Gasteiger partial charge in [0, 0.05) is 35.6 Å². The fourth-order valence-corrected chi connectivity index (χ4v) is 2.23. The number of non-ortho nitro benzene ring substituents is 1. The minimum Gasteiger partial charge on any atom is -0.382 e. The second-order valence-corrected chi connectivity index (χ2v) is 4.58. The van der Waals surface area contributed by atoms with E-state index in [-0.39, 0.29) is 10.6 Å². The van der Waals surface area contributed by atoms with Gasteiger partial charge in [-0.25, -0.2) is 0 Å². The summed E-state index contributed by atoms with van der Waals surface area (Å²) in [5, 5.41) is 15.9. The topological polar surface area (TPSA) is 68.1 Å². The number of benzene rings is 1. The molecule has 5 heteroatoms. The Labute approximate surface area is 104 Å². The van der Waals surface area contributed by atoms with Crippen LogP contribution in [0, 0.1) is 10.1 Å². The normalized spacial score (nSPS) is 15.3. The van der Waals surface area contributed by atoms with Crippen molar-refractivity contribution in [2.45, 2.75) is 25.3 Å². The van der Waals surface area contributed by atoms with Gasteiger partial charge in [0.1, 0.15) is 0 Å². The number of hydrogen-bond acceptors (Lipinski definition) is 4. The quantitative estimate of drug-likeness (QED) is 0.664. The second-order valence-electron chi connectivity index (χ2n) is 4.58. The van der Waals surface area contributed by atoms with Crippen LogP contribution in [0.2, 0.25) is 0 Å². The summed E-state index contributed by atoms with van der Waals surface area (Å²) in [6.07, 6.45) is 6.81. The Balaban J connectivity index is 2.10. The second kappa shape index (κ2) is 4.25. The lowest BCUT2D eigenvalue weighted by Crippen LogP contribution is -2.27. The zero-order valence-corrected chi connectivity index (χ0v) is 9.80. The van der Waals surface area contributed by atoms with Gasteiger partial charge in [0.2, 0.25) is 0 Å². The minimum absolute atomic E-state index is 0.109.